The van der Waals surface area contributed by atoms with Gasteiger partial charge < -0.3 is 15.5 Å². The summed E-state index contributed by atoms with van der Waals surface area (Å²) >= 11 is 5.97. The smallest absolute Gasteiger partial charge is 0.157 e. The van der Waals surface area contributed by atoms with Crippen LogP contribution in [0.2, 0.25) is 5.02 Å². The largest absolute Gasteiger partial charge is 0.504 e. The highest BCUT2D eigenvalue weighted by Crippen LogP contribution is 2.26. The zero-order valence-corrected chi connectivity index (χ0v) is 13.4. The number of phenols is 2. The van der Waals surface area contributed by atoms with Crippen molar-refractivity contribution in [1.29, 1.82) is 5.26 Å². The Bertz CT molecular complexity index is 951. The molecule has 0 amide bonds. The number of nitrogens with zero attached hydrogens (tertiary/aromatic N) is 2. The van der Waals surface area contributed by atoms with E-state index in [1.165, 1.54) is 12.1 Å². The first kappa shape index (κ1) is 15.9. The first-order valence-electron chi connectivity index (χ1n) is 7.32. The summed E-state index contributed by atoms with van der Waals surface area (Å²) in [6.45, 7) is 0.571. The van der Waals surface area contributed by atoms with Crippen molar-refractivity contribution in [3.63, 3.8) is 0 Å². The van der Waals surface area contributed by atoms with Gasteiger partial charge in [0.1, 0.15) is 5.82 Å². The van der Waals surface area contributed by atoms with Gasteiger partial charge >= 0.3 is 0 Å². The number of hydrogen-bond acceptors (Lipinski definition) is 5. The normalized spacial score (nSPS) is 10.5. The summed E-state index contributed by atoms with van der Waals surface area (Å²) in [6, 6.07) is 13.8. The van der Waals surface area contributed by atoms with Crippen LogP contribution in [0.15, 0.2) is 42.5 Å². The van der Waals surface area contributed by atoms with Gasteiger partial charge in [0, 0.05) is 17.0 Å². The van der Waals surface area contributed by atoms with Gasteiger partial charge in [0.25, 0.3) is 0 Å². The van der Waals surface area contributed by atoms with Crippen LogP contribution in [0.5, 0.6) is 11.5 Å². The Hall–Kier alpha value is -2.97. The van der Waals surface area contributed by atoms with Crippen LogP contribution in [0.4, 0.5) is 5.82 Å². The number of nitrogens with one attached hydrogen (secondary N) is 1. The lowest BCUT2D eigenvalue weighted by molar-refractivity contribution is 0.403. The molecule has 120 valence electrons. The van der Waals surface area contributed by atoms with Crippen LogP contribution in [0, 0.1) is 11.3 Å². The minimum atomic E-state index is -0.139. The van der Waals surface area contributed by atoms with E-state index in [1.54, 1.807) is 30.3 Å². The molecule has 2 aromatic carbocycles. The van der Waals surface area contributed by atoms with Gasteiger partial charge in [-0.25, -0.2) is 4.98 Å². The molecule has 0 saturated heterocycles. The van der Waals surface area contributed by atoms with Gasteiger partial charge in [-0.05, 0) is 48.4 Å². The fourth-order valence-electron chi connectivity index (χ4n) is 2.44. The third-order valence-electron chi connectivity index (χ3n) is 3.65. The van der Waals surface area contributed by atoms with E-state index in [-0.39, 0.29) is 11.5 Å². The predicted octanol–water partition coefficient (Wildman–Crippen LogP) is 3.83. The molecule has 0 radical (unpaired) electrons. The van der Waals surface area contributed by atoms with Crippen molar-refractivity contribution < 1.29 is 10.2 Å². The zero-order valence-electron chi connectivity index (χ0n) is 12.6. The molecular weight excluding hydrogens is 326 g/mol. The molecule has 3 N–H and O–H groups in total. The average molecular weight is 340 g/mol. The number of pyridine rings is 1. The van der Waals surface area contributed by atoms with E-state index in [2.05, 4.69) is 16.4 Å². The Labute approximate surface area is 143 Å². The summed E-state index contributed by atoms with van der Waals surface area (Å²) in [6.07, 6.45) is 0.635. The van der Waals surface area contributed by atoms with E-state index in [0.717, 1.165) is 10.9 Å². The number of anilines is 1. The number of rotatable bonds is 4. The van der Waals surface area contributed by atoms with Gasteiger partial charge in [-0.15, -0.1) is 0 Å². The first-order chi connectivity index (χ1) is 11.6. The molecule has 1 aromatic heterocycles. The maximum Gasteiger partial charge on any atom is 0.157 e. The highest BCUT2D eigenvalue weighted by atomic mass is 35.5. The quantitative estimate of drug-likeness (QED) is 0.629. The minimum Gasteiger partial charge on any atom is -0.504 e. The molecule has 3 rings (SSSR count). The van der Waals surface area contributed by atoms with Crippen LogP contribution < -0.4 is 5.32 Å². The van der Waals surface area contributed by atoms with Gasteiger partial charge in [-0.1, -0.05) is 17.7 Å². The molecule has 1 heterocycles. The highest BCUT2D eigenvalue weighted by Gasteiger charge is 2.07. The lowest BCUT2D eigenvalue weighted by atomic mass is 10.1. The molecule has 0 bridgehead atoms. The summed E-state index contributed by atoms with van der Waals surface area (Å²) in [5.74, 6) is 0.324. The molecule has 5 nitrogen and oxygen atoms in total. The second-order valence-corrected chi connectivity index (χ2v) is 5.76. The molecule has 0 atom stereocenters. The molecule has 3 aromatic rings. The number of aromatic hydroxyl groups is 2. The average Bonchev–Trinajstić information content (AvgIpc) is 2.57. The Balaban J connectivity index is 1.76. The minimum absolute atomic E-state index is 0.139. The summed E-state index contributed by atoms with van der Waals surface area (Å²) in [7, 11) is 0. The summed E-state index contributed by atoms with van der Waals surface area (Å²) in [5, 5.41) is 32.6. The number of benzene rings is 2. The Kier molecular flexibility index (Phi) is 4.41. The number of hydrogen-bond donors (Lipinski definition) is 3. The standard InChI is InChI=1S/C18H14ClN3O2/c19-13-2-3-15-14(9-13)12(10-20)8-18(22-15)21-6-5-11-1-4-16(23)17(24)7-11/h1-4,7-9,23-24H,5-6H2,(H,21,22). The first-order valence-corrected chi connectivity index (χ1v) is 7.70. The van der Waals surface area contributed by atoms with E-state index in [4.69, 9.17) is 11.6 Å². The van der Waals surface area contributed by atoms with Crippen molar-refractivity contribution >= 4 is 28.3 Å². The van der Waals surface area contributed by atoms with E-state index >= 15 is 0 Å². The zero-order chi connectivity index (χ0) is 17.1. The maximum absolute atomic E-state index is 9.50. The van der Waals surface area contributed by atoms with Crippen molar-refractivity contribution in [3.8, 4) is 17.6 Å². The van der Waals surface area contributed by atoms with Crippen molar-refractivity contribution in [2.75, 3.05) is 11.9 Å². The number of nitriles is 1. The molecule has 0 aliphatic rings. The van der Waals surface area contributed by atoms with Crippen molar-refractivity contribution in [1.82, 2.24) is 4.98 Å². The topological polar surface area (TPSA) is 89.2 Å². The van der Waals surface area contributed by atoms with Crippen LogP contribution in [0.1, 0.15) is 11.1 Å². The van der Waals surface area contributed by atoms with Crippen LogP contribution in [0.3, 0.4) is 0 Å². The van der Waals surface area contributed by atoms with Crippen LogP contribution in [-0.2, 0) is 6.42 Å². The van der Waals surface area contributed by atoms with E-state index < -0.39 is 0 Å². The fraction of sp³-hybridized carbons (Fsp3) is 0.111. The van der Waals surface area contributed by atoms with Gasteiger partial charge in [-0.2, -0.15) is 5.26 Å². The number of fused-ring (bicyclic) bond motifs is 1. The number of aromatic nitrogens is 1. The van der Waals surface area contributed by atoms with E-state index in [0.29, 0.717) is 34.9 Å². The predicted molar refractivity (Wildman–Crippen MR) is 93.4 cm³/mol. The highest BCUT2D eigenvalue weighted by molar-refractivity contribution is 6.31. The molecule has 0 spiro atoms. The van der Waals surface area contributed by atoms with Crippen molar-refractivity contribution in [2.24, 2.45) is 0 Å². The van der Waals surface area contributed by atoms with Crippen molar-refractivity contribution in [3.05, 3.63) is 58.6 Å². The van der Waals surface area contributed by atoms with E-state index in [9.17, 15) is 15.5 Å². The van der Waals surface area contributed by atoms with Crippen LogP contribution in [-0.4, -0.2) is 21.7 Å². The molecule has 6 heteroatoms. The molecule has 0 unspecified atom stereocenters. The fourth-order valence-corrected chi connectivity index (χ4v) is 2.61. The van der Waals surface area contributed by atoms with E-state index in [1.807, 2.05) is 0 Å². The Morgan fingerprint density at radius 1 is 1.08 bits per heavy atom. The Morgan fingerprint density at radius 3 is 2.67 bits per heavy atom. The Morgan fingerprint density at radius 2 is 1.92 bits per heavy atom. The summed E-state index contributed by atoms with van der Waals surface area (Å²) in [4.78, 5) is 4.48. The maximum atomic E-state index is 9.50. The third-order valence-corrected chi connectivity index (χ3v) is 3.89. The molecule has 0 saturated carbocycles. The van der Waals surface area contributed by atoms with Gasteiger partial charge in [0.05, 0.1) is 17.1 Å². The SMILES string of the molecule is N#Cc1cc(NCCc2ccc(O)c(O)c2)nc2ccc(Cl)cc12. The monoisotopic (exact) mass is 339 g/mol. The van der Waals surface area contributed by atoms with Gasteiger partial charge in [0.2, 0.25) is 0 Å². The number of halogens is 1. The summed E-state index contributed by atoms with van der Waals surface area (Å²) < 4.78 is 0. The molecule has 0 fully saturated rings. The summed E-state index contributed by atoms with van der Waals surface area (Å²) in [5.41, 5.74) is 2.08. The van der Waals surface area contributed by atoms with Gasteiger partial charge in [0.15, 0.2) is 11.5 Å². The molecule has 0 aliphatic carbocycles. The second kappa shape index (κ2) is 6.65. The third kappa shape index (κ3) is 3.34. The second-order valence-electron chi connectivity index (χ2n) is 5.33. The molecular formula is C18H14ClN3O2. The van der Waals surface area contributed by atoms with Crippen molar-refractivity contribution in [2.45, 2.75) is 6.42 Å². The lowest BCUT2D eigenvalue weighted by Gasteiger charge is -2.09. The van der Waals surface area contributed by atoms with Gasteiger partial charge in [-0.3, -0.25) is 0 Å². The lowest BCUT2D eigenvalue weighted by Crippen LogP contribution is -2.06. The number of phenolic OH excluding ortho intramolecular Hbond substituents is 2. The molecule has 24 heavy (non-hydrogen) atoms. The van der Waals surface area contributed by atoms with Crippen LogP contribution >= 0.6 is 11.6 Å². The molecule has 0 aliphatic heterocycles. The van der Waals surface area contributed by atoms with Crippen LogP contribution in [0.25, 0.3) is 10.9 Å².